The van der Waals surface area contributed by atoms with Crippen LogP contribution in [0.25, 0.3) is 0 Å². The monoisotopic (exact) mass is 284 g/mol. The Hall–Kier alpha value is -0.570. The van der Waals surface area contributed by atoms with Gasteiger partial charge in [-0.2, -0.15) is 0 Å². The zero-order chi connectivity index (χ0) is 15.2. The first kappa shape index (κ1) is 19.4. The van der Waals surface area contributed by atoms with Crippen molar-refractivity contribution in [2.24, 2.45) is 0 Å². The minimum atomic E-state index is -0.0754. The molecule has 0 aromatic rings. The SMILES string of the molecule is CCCCCCCCCCNC(C)C(=O)NC(C)CC. The number of unbranched alkanes of at least 4 members (excludes halogenated alkanes) is 7. The molecule has 0 saturated carbocycles. The molecule has 0 radical (unpaired) electrons. The van der Waals surface area contributed by atoms with Crippen molar-refractivity contribution < 1.29 is 4.79 Å². The second-order valence-corrected chi connectivity index (χ2v) is 5.97. The van der Waals surface area contributed by atoms with Crippen molar-refractivity contribution in [3.8, 4) is 0 Å². The predicted octanol–water partition coefficient (Wildman–Crippen LogP) is 4.02. The van der Waals surface area contributed by atoms with Gasteiger partial charge >= 0.3 is 0 Å². The fourth-order valence-corrected chi connectivity index (χ4v) is 2.14. The molecule has 0 saturated heterocycles. The number of nitrogens with one attached hydrogen (secondary N) is 2. The third-order valence-electron chi connectivity index (χ3n) is 3.88. The quantitative estimate of drug-likeness (QED) is 0.502. The summed E-state index contributed by atoms with van der Waals surface area (Å²) >= 11 is 0. The van der Waals surface area contributed by atoms with Gasteiger partial charge in [0.15, 0.2) is 0 Å². The van der Waals surface area contributed by atoms with Gasteiger partial charge in [0.05, 0.1) is 6.04 Å². The number of hydrogen-bond acceptors (Lipinski definition) is 2. The first-order chi connectivity index (χ1) is 9.61. The minimum absolute atomic E-state index is 0.0754. The van der Waals surface area contributed by atoms with Crippen LogP contribution in [0, 0.1) is 0 Å². The maximum atomic E-state index is 11.8. The highest BCUT2D eigenvalue weighted by atomic mass is 16.2. The maximum Gasteiger partial charge on any atom is 0.237 e. The Balaban J connectivity index is 3.39. The summed E-state index contributed by atoms with van der Waals surface area (Å²) in [7, 11) is 0. The summed E-state index contributed by atoms with van der Waals surface area (Å²) in [6.45, 7) is 9.28. The Morgan fingerprint density at radius 2 is 1.45 bits per heavy atom. The van der Waals surface area contributed by atoms with Crippen molar-refractivity contribution in [3.05, 3.63) is 0 Å². The van der Waals surface area contributed by atoms with E-state index in [1.54, 1.807) is 0 Å². The number of amides is 1. The Kier molecular flexibility index (Phi) is 13.0. The topological polar surface area (TPSA) is 41.1 Å². The lowest BCUT2D eigenvalue weighted by molar-refractivity contribution is -0.123. The zero-order valence-electron chi connectivity index (χ0n) is 14.1. The summed E-state index contributed by atoms with van der Waals surface area (Å²) in [6.07, 6.45) is 11.6. The summed E-state index contributed by atoms with van der Waals surface area (Å²) in [5.74, 6) is 0.124. The predicted molar refractivity (Wildman–Crippen MR) is 88.0 cm³/mol. The highest BCUT2D eigenvalue weighted by molar-refractivity contribution is 5.81. The van der Waals surface area contributed by atoms with Gasteiger partial charge in [-0.3, -0.25) is 4.79 Å². The molecule has 0 bridgehead atoms. The van der Waals surface area contributed by atoms with E-state index in [2.05, 4.69) is 24.5 Å². The molecule has 20 heavy (non-hydrogen) atoms. The van der Waals surface area contributed by atoms with Crippen LogP contribution in [0.15, 0.2) is 0 Å². The molecule has 0 aliphatic heterocycles. The first-order valence-electron chi connectivity index (χ1n) is 8.65. The summed E-state index contributed by atoms with van der Waals surface area (Å²) < 4.78 is 0. The molecule has 0 rings (SSSR count). The molecule has 120 valence electrons. The largest absolute Gasteiger partial charge is 0.352 e. The fourth-order valence-electron chi connectivity index (χ4n) is 2.14. The molecule has 0 aromatic carbocycles. The Morgan fingerprint density at radius 1 is 0.900 bits per heavy atom. The molecule has 0 aliphatic rings. The van der Waals surface area contributed by atoms with Gasteiger partial charge in [0.2, 0.25) is 5.91 Å². The van der Waals surface area contributed by atoms with Crippen molar-refractivity contribution in [2.75, 3.05) is 6.54 Å². The Morgan fingerprint density at radius 3 is 2.00 bits per heavy atom. The van der Waals surface area contributed by atoms with E-state index >= 15 is 0 Å². The van der Waals surface area contributed by atoms with Gasteiger partial charge in [0, 0.05) is 6.04 Å². The molecule has 0 aliphatic carbocycles. The van der Waals surface area contributed by atoms with Crippen molar-refractivity contribution in [1.82, 2.24) is 10.6 Å². The van der Waals surface area contributed by atoms with Gasteiger partial charge in [-0.15, -0.1) is 0 Å². The Labute approximate surface area is 126 Å². The average molecular weight is 284 g/mol. The van der Waals surface area contributed by atoms with Crippen LogP contribution >= 0.6 is 0 Å². The van der Waals surface area contributed by atoms with Crippen LogP contribution in [0.5, 0.6) is 0 Å². The van der Waals surface area contributed by atoms with E-state index in [4.69, 9.17) is 0 Å². The third-order valence-corrected chi connectivity index (χ3v) is 3.88. The van der Waals surface area contributed by atoms with E-state index in [-0.39, 0.29) is 18.0 Å². The molecule has 0 aromatic heterocycles. The molecule has 2 atom stereocenters. The van der Waals surface area contributed by atoms with Crippen LogP contribution in [-0.4, -0.2) is 24.5 Å². The molecule has 2 unspecified atom stereocenters. The second-order valence-electron chi connectivity index (χ2n) is 5.97. The lowest BCUT2D eigenvalue weighted by Crippen LogP contribution is -2.45. The fraction of sp³-hybridized carbons (Fsp3) is 0.941. The first-order valence-corrected chi connectivity index (χ1v) is 8.65. The molecule has 0 fully saturated rings. The third kappa shape index (κ3) is 11.3. The number of hydrogen-bond donors (Lipinski definition) is 2. The lowest BCUT2D eigenvalue weighted by atomic mass is 10.1. The van der Waals surface area contributed by atoms with Crippen LogP contribution in [0.2, 0.25) is 0 Å². The van der Waals surface area contributed by atoms with Gasteiger partial charge in [0.1, 0.15) is 0 Å². The second kappa shape index (κ2) is 13.4. The van der Waals surface area contributed by atoms with Crippen molar-refractivity contribution >= 4 is 5.91 Å². The van der Waals surface area contributed by atoms with Crippen molar-refractivity contribution in [1.29, 1.82) is 0 Å². The molecule has 0 spiro atoms. The number of rotatable bonds is 13. The molecular weight excluding hydrogens is 248 g/mol. The number of carbonyl (C=O) groups is 1. The maximum absolute atomic E-state index is 11.8. The van der Waals surface area contributed by atoms with Gasteiger partial charge in [-0.05, 0) is 33.2 Å². The van der Waals surface area contributed by atoms with Crippen LogP contribution in [0.3, 0.4) is 0 Å². The van der Waals surface area contributed by atoms with Crippen LogP contribution < -0.4 is 10.6 Å². The highest BCUT2D eigenvalue weighted by Gasteiger charge is 2.12. The minimum Gasteiger partial charge on any atom is -0.352 e. The molecule has 2 N–H and O–H groups in total. The van der Waals surface area contributed by atoms with Gasteiger partial charge in [-0.25, -0.2) is 0 Å². The molecule has 3 nitrogen and oxygen atoms in total. The van der Waals surface area contributed by atoms with E-state index in [1.165, 1.54) is 51.4 Å². The lowest BCUT2D eigenvalue weighted by Gasteiger charge is -2.17. The summed E-state index contributed by atoms with van der Waals surface area (Å²) in [6, 6.07) is 0.198. The Bertz CT molecular complexity index is 231. The molecule has 3 heteroatoms. The van der Waals surface area contributed by atoms with E-state index in [9.17, 15) is 4.79 Å². The molecular formula is C17H36N2O. The summed E-state index contributed by atoms with van der Waals surface area (Å²) in [5, 5.41) is 6.32. The van der Waals surface area contributed by atoms with Crippen LogP contribution in [0.4, 0.5) is 0 Å². The van der Waals surface area contributed by atoms with E-state index in [0.717, 1.165) is 13.0 Å². The van der Waals surface area contributed by atoms with Crippen LogP contribution in [-0.2, 0) is 4.79 Å². The number of carbonyl (C=O) groups excluding carboxylic acids is 1. The molecule has 0 heterocycles. The summed E-state index contributed by atoms with van der Waals surface area (Å²) in [5.41, 5.74) is 0. The zero-order valence-corrected chi connectivity index (χ0v) is 14.1. The average Bonchev–Trinajstić information content (AvgIpc) is 2.45. The van der Waals surface area contributed by atoms with Crippen LogP contribution in [0.1, 0.15) is 85.5 Å². The van der Waals surface area contributed by atoms with Crippen molar-refractivity contribution in [3.63, 3.8) is 0 Å². The summed E-state index contributed by atoms with van der Waals surface area (Å²) in [4.78, 5) is 11.8. The van der Waals surface area contributed by atoms with E-state index in [1.807, 2.05) is 13.8 Å². The van der Waals surface area contributed by atoms with E-state index in [0.29, 0.717) is 0 Å². The van der Waals surface area contributed by atoms with Crippen molar-refractivity contribution in [2.45, 2.75) is 97.6 Å². The molecule has 1 amide bonds. The van der Waals surface area contributed by atoms with Gasteiger partial charge < -0.3 is 10.6 Å². The smallest absolute Gasteiger partial charge is 0.237 e. The normalized spacial score (nSPS) is 14.0. The van der Waals surface area contributed by atoms with Gasteiger partial charge in [-0.1, -0.05) is 58.8 Å². The highest BCUT2D eigenvalue weighted by Crippen LogP contribution is 2.07. The van der Waals surface area contributed by atoms with Gasteiger partial charge in [0.25, 0.3) is 0 Å². The van der Waals surface area contributed by atoms with E-state index < -0.39 is 0 Å². The standard InChI is InChI=1S/C17H36N2O/c1-5-7-8-9-10-11-12-13-14-18-16(4)17(20)19-15(3)6-2/h15-16,18H,5-14H2,1-4H3,(H,19,20).